The highest BCUT2D eigenvalue weighted by Crippen LogP contribution is 2.20. The topological polar surface area (TPSA) is 50.6 Å². The van der Waals surface area contributed by atoms with Gasteiger partial charge in [-0.2, -0.15) is 5.10 Å². The van der Waals surface area contributed by atoms with Gasteiger partial charge in [0, 0.05) is 37.9 Å². The molecular formula is C20H26N4O2. The summed E-state index contributed by atoms with van der Waals surface area (Å²) in [6, 6.07) is 10.7. The molecule has 1 aromatic carbocycles. The summed E-state index contributed by atoms with van der Waals surface area (Å²) in [7, 11) is 0. The highest BCUT2D eigenvalue weighted by Gasteiger charge is 2.32. The van der Waals surface area contributed by atoms with Crippen LogP contribution >= 0.6 is 0 Å². The van der Waals surface area contributed by atoms with E-state index in [1.165, 1.54) is 5.56 Å². The smallest absolute Gasteiger partial charge is 0.257 e. The Kier molecular flexibility index (Phi) is 5.04. The number of morpholine rings is 1. The number of likely N-dealkylation sites (tertiary alicyclic amines) is 1. The van der Waals surface area contributed by atoms with Crippen LogP contribution in [0.25, 0.3) is 0 Å². The first-order chi connectivity index (χ1) is 12.7. The van der Waals surface area contributed by atoms with E-state index in [4.69, 9.17) is 4.74 Å². The minimum Gasteiger partial charge on any atom is -0.379 e. The maximum Gasteiger partial charge on any atom is 0.257 e. The lowest BCUT2D eigenvalue weighted by molar-refractivity contribution is 0.0185. The first kappa shape index (κ1) is 17.2. The van der Waals surface area contributed by atoms with Gasteiger partial charge >= 0.3 is 0 Å². The third kappa shape index (κ3) is 3.52. The zero-order valence-electron chi connectivity index (χ0n) is 15.3. The molecule has 2 aliphatic heterocycles. The van der Waals surface area contributed by atoms with Crippen LogP contribution < -0.4 is 0 Å². The number of nitrogens with zero attached hydrogens (tertiary/aromatic N) is 4. The van der Waals surface area contributed by atoms with Gasteiger partial charge in [-0.1, -0.05) is 30.3 Å². The van der Waals surface area contributed by atoms with Crippen molar-refractivity contribution in [3.8, 4) is 0 Å². The number of benzene rings is 1. The average molecular weight is 354 g/mol. The number of amides is 1. The van der Waals surface area contributed by atoms with Crippen molar-refractivity contribution in [2.45, 2.75) is 25.9 Å². The molecule has 0 aliphatic carbocycles. The van der Waals surface area contributed by atoms with Gasteiger partial charge in [-0.05, 0) is 18.9 Å². The van der Waals surface area contributed by atoms with E-state index in [1.807, 2.05) is 34.7 Å². The summed E-state index contributed by atoms with van der Waals surface area (Å²) in [4.78, 5) is 17.4. The zero-order valence-corrected chi connectivity index (χ0v) is 15.3. The van der Waals surface area contributed by atoms with Gasteiger partial charge in [0.1, 0.15) is 0 Å². The summed E-state index contributed by atoms with van der Waals surface area (Å²) in [5.74, 6) is 0.109. The Hall–Kier alpha value is -2.18. The fourth-order valence-electron chi connectivity index (χ4n) is 3.91. The summed E-state index contributed by atoms with van der Waals surface area (Å²) in [6.07, 6.45) is 2.77. The largest absolute Gasteiger partial charge is 0.379 e. The van der Waals surface area contributed by atoms with Crippen molar-refractivity contribution in [1.82, 2.24) is 19.6 Å². The standard InChI is InChI=1S/C20H26N4O2/c1-16-19(13-21-24(16)14-17-5-3-2-4-6-17)20(25)23-8-7-18(15-23)22-9-11-26-12-10-22/h2-6,13,18H,7-12,14-15H2,1H3. The molecule has 138 valence electrons. The Morgan fingerprint density at radius 3 is 2.73 bits per heavy atom. The van der Waals surface area contributed by atoms with E-state index < -0.39 is 0 Å². The summed E-state index contributed by atoms with van der Waals surface area (Å²) >= 11 is 0. The number of aromatic nitrogens is 2. The van der Waals surface area contributed by atoms with Gasteiger partial charge in [-0.15, -0.1) is 0 Å². The van der Waals surface area contributed by atoms with E-state index >= 15 is 0 Å². The molecule has 1 atom stereocenters. The number of carbonyl (C=O) groups excluding carboxylic acids is 1. The molecule has 1 aromatic heterocycles. The van der Waals surface area contributed by atoms with E-state index in [1.54, 1.807) is 6.20 Å². The second-order valence-corrected chi connectivity index (χ2v) is 7.13. The molecule has 2 aromatic rings. The summed E-state index contributed by atoms with van der Waals surface area (Å²) in [5, 5.41) is 4.45. The molecule has 0 spiro atoms. The van der Waals surface area contributed by atoms with Crippen LogP contribution in [0.5, 0.6) is 0 Å². The molecule has 0 N–H and O–H groups in total. The SMILES string of the molecule is Cc1c(C(=O)N2CCC(N3CCOCC3)C2)cnn1Cc1ccccc1. The second-order valence-electron chi connectivity index (χ2n) is 7.13. The van der Waals surface area contributed by atoms with Gasteiger partial charge in [0.15, 0.2) is 0 Å². The lowest BCUT2D eigenvalue weighted by atomic mass is 10.2. The predicted octanol–water partition coefficient (Wildman–Crippen LogP) is 1.79. The van der Waals surface area contributed by atoms with Gasteiger partial charge in [-0.3, -0.25) is 14.4 Å². The Labute approximate surface area is 154 Å². The molecular weight excluding hydrogens is 328 g/mol. The van der Waals surface area contributed by atoms with Crippen molar-refractivity contribution in [2.24, 2.45) is 0 Å². The lowest BCUT2D eigenvalue weighted by Crippen LogP contribution is -2.45. The van der Waals surface area contributed by atoms with Crippen LogP contribution in [0.3, 0.4) is 0 Å². The molecule has 0 bridgehead atoms. The summed E-state index contributed by atoms with van der Waals surface area (Å²) < 4.78 is 7.35. The van der Waals surface area contributed by atoms with Crippen LogP contribution in [0.4, 0.5) is 0 Å². The molecule has 0 saturated carbocycles. The zero-order chi connectivity index (χ0) is 17.9. The fraction of sp³-hybridized carbons (Fsp3) is 0.500. The van der Waals surface area contributed by atoms with Crippen LogP contribution in [0.1, 0.15) is 28.0 Å². The second kappa shape index (κ2) is 7.60. The Balaban J connectivity index is 1.42. The van der Waals surface area contributed by atoms with Crippen molar-refractivity contribution >= 4 is 5.91 Å². The van der Waals surface area contributed by atoms with Gasteiger partial charge in [0.05, 0.1) is 31.5 Å². The first-order valence-corrected chi connectivity index (χ1v) is 9.40. The Bertz CT molecular complexity index is 752. The molecule has 26 heavy (non-hydrogen) atoms. The molecule has 1 unspecified atom stereocenters. The molecule has 1 amide bonds. The Morgan fingerprint density at radius 2 is 1.96 bits per heavy atom. The van der Waals surface area contributed by atoms with Crippen molar-refractivity contribution in [3.05, 3.63) is 53.3 Å². The predicted molar refractivity (Wildman–Crippen MR) is 99.2 cm³/mol. The van der Waals surface area contributed by atoms with Crippen LogP contribution in [-0.2, 0) is 11.3 Å². The van der Waals surface area contributed by atoms with E-state index in [-0.39, 0.29) is 5.91 Å². The van der Waals surface area contributed by atoms with Gasteiger partial charge in [0.25, 0.3) is 5.91 Å². The lowest BCUT2D eigenvalue weighted by Gasteiger charge is -2.32. The number of carbonyl (C=O) groups is 1. The highest BCUT2D eigenvalue weighted by molar-refractivity contribution is 5.95. The number of rotatable bonds is 4. The third-order valence-electron chi connectivity index (χ3n) is 5.52. The number of hydrogen-bond donors (Lipinski definition) is 0. The molecule has 2 aliphatic rings. The first-order valence-electron chi connectivity index (χ1n) is 9.40. The van der Waals surface area contributed by atoms with E-state index in [0.717, 1.165) is 57.1 Å². The monoisotopic (exact) mass is 354 g/mol. The van der Waals surface area contributed by atoms with Crippen LogP contribution in [-0.4, -0.2) is 70.9 Å². The third-order valence-corrected chi connectivity index (χ3v) is 5.52. The van der Waals surface area contributed by atoms with Crippen LogP contribution in [0.15, 0.2) is 36.5 Å². The molecule has 3 heterocycles. The van der Waals surface area contributed by atoms with Crippen LogP contribution in [0, 0.1) is 6.92 Å². The molecule has 4 rings (SSSR count). The average Bonchev–Trinajstić information content (AvgIpc) is 3.31. The molecule has 2 saturated heterocycles. The van der Waals surface area contributed by atoms with Crippen LogP contribution in [0.2, 0.25) is 0 Å². The number of ether oxygens (including phenoxy) is 1. The number of hydrogen-bond acceptors (Lipinski definition) is 4. The summed E-state index contributed by atoms with van der Waals surface area (Å²) in [6.45, 7) is 7.86. The quantitative estimate of drug-likeness (QED) is 0.840. The van der Waals surface area contributed by atoms with Crippen molar-refractivity contribution in [3.63, 3.8) is 0 Å². The van der Waals surface area contributed by atoms with Crippen molar-refractivity contribution < 1.29 is 9.53 Å². The van der Waals surface area contributed by atoms with E-state index in [0.29, 0.717) is 12.6 Å². The van der Waals surface area contributed by atoms with Gasteiger partial charge < -0.3 is 9.64 Å². The maximum absolute atomic E-state index is 13.0. The van der Waals surface area contributed by atoms with Crippen molar-refractivity contribution in [1.29, 1.82) is 0 Å². The van der Waals surface area contributed by atoms with Crippen molar-refractivity contribution in [2.75, 3.05) is 39.4 Å². The normalized spacial score (nSPS) is 21.3. The minimum atomic E-state index is 0.109. The maximum atomic E-state index is 13.0. The van der Waals surface area contributed by atoms with Gasteiger partial charge in [0.2, 0.25) is 0 Å². The molecule has 6 nitrogen and oxygen atoms in total. The molecule has 2 fully saturated rings. The van der Waals surface area contributed by atoms with E-state index in [2.05, 4.69) is 22.1 Å². The van der Waals surface area contributed by atoms with Gasteiger partial charge in [-0.25, -0.2) is 0 Å². The minimum absolute atomic E-state index is 0.109. The Morgan fingerprint density at radius 1 is 1.19 bits per heavy atom. The molecule has 0 radical (unpaired) electrons. The molecule has 6 heteroatoms. The highest BCUT2D eigenvalue weighted by atomic mass is 16.5. The van der Waals surface area contributed by atoms with E-state index in [9.17, 15) is 4.79 Å². The fourth-order valence-corrected chi connectivity index (χ4v) is 3.91. The summed E-state index contributed by atoms with van der Waals surface area (Å²) in [5.41, 5.74) is 2.85.